The van der Waals surface area contributed by atoms with Crippen LogP contribution in [-0.2, 0) is 9.47 Å². The molecule has 0 radical (unpaired) electrons. The molecule has 3 rings (SSSR count). The van der Waals surface area contributed by atoms with E-state index in [1.54, 1.807) is 0 Å². The van der Waals surface area contributed by atoms with E-state index < -0.39 is 11.2 Å². The molecule has 0 aromatic heterocycles. The first kappa shape index (κ1) is 28.1. The number of rotatable bonds is 8. The predicted octanol–water partition coefficient (Wildman–Crippen LogP) is 5.80. The van der Waals surface area contributed by atoms with Gasteiger partial charge in [-0.3, -0.25) is 0 Å². The molecule has 2 amide bonds. The van der Waals surface area contributed by atoms with Crippen molar-refractivity contribution in [1.29, 1.82) is 0 Å². The van der Waals surface area contributed by atoms with Gasteiger partial charge in [-0.25, -0.2) is 9.59 Å². The van der Waals surface area contributed by atoms with Crippen molar-refractivity contribution in [3.05, 3.63) is 0 Å². The molecule has 0 heterocycles. The fraction of sp³-hybridized carbons (Fsp3) is 0.929. The lowest BCUT2D eigenvalue weighted by atomic mass is 9.82. The Balaban J connectivity index is 1.62. The van der Waals surface area contributed by atoms with Gasteiger partial charge in [0.2, 0.25) is 0 Å². The third-order valence-corrected chi connectivity index (χ3v) is 7.99. The Morgan fingerprint density at radius 2 is 1.40 bits per heavy atom. The Bertz CT molecular complexity index is 706. The number of fused-ring (bicyclic) bond motifs is 2. The molecule has 2 bridgehead atoms. The summed E-state index contributed by atoms with van der Waals surface area (Å²) in [5, 5.41) is 0. The van der Waals surface area contributed by atoms with Crippen molar-refractivity contribution >= 4 is 12.2 Å². The van der Waals surface area contributed by atoms with Gasteiger partial charge in [0.15, 0.2) is 0 Å². The molecular formula is C28H51N3O4. The Hall–Kier alpha value is -1.50. The van der Waals surface area contributed by atoms with Crippen LogP contribution in [0.2, 0.25) is 0 Å². The number of hydrogen-bond acceptors (Lipinski definition) is 5. The minimum atomic E-state index is -0.530. The van der Waals surface area contributed by atoms with Gasteiger partial charge in [0.1, 0.15) is 11.2 Å². The second-order valence-electron chi connectivity index (χ2n) is 13.3. The second-order valence-corrected chi connectivity index (χ2v) is 13.3. The molecule has 0 saturated heterocycles. The Morgan fingerprint density at radius 1 is 0.800 bits per heavy atom. The molecule has 35 heavy (non-hydrogen) atoms. The third-order valence-electron chi connectivity index (χ3n) is 7.99. The van der Waals surface area contributed by atoms with Gasteiger partial charge in [0.25, 0.3) is 0 Å². The summed E-state index contributed by atoms with van der Waals surface area (Å²) in [6, 6.07) is 0.269. The summed E-state index contributed by atoms with van der Waals surface area (Å²) in [4.78, 5) is 30.1. The molecular weight excluding hydrogens is 442 g/mol. The van der Waals surface area contributed by atoms with Crippen LogP contribution in [0, 0.1) is 23.7 Å². The molecule has 0 aromatic carbocycles. The monoisotopic (exact) mass is 493 g/mol. The van der Waals surface area contributed by atoms with Crippen LogP contribution in [0.4, 0.5) is 9.59 Å². The highest BCUT2D eigenvalue weighted by Gasteiger charge is 2.44. The standard InChI is InChI=1S/C28H51N3O4/c1-27(2,3)34-25(32)30(19-21-10-8-20(18-29)9-11-21)14-7-15-31(26(33)35-28(4,5)6)24-17-22-12-13-23(24)16-22/h20-24H,7-19,29H2,1-6H3/t20?,21?,22-,23+,24+/m1/s1. The number of carbonyl (C=O) groups excluding carboxylic acids is 2. The SMILES string of the molecule is CC(C)(C)OC(=O)N(CCCN(C(=O)OC(C)(C)C)[C@H]1C[C@@H]2CC[C@H]1C2)CC1CCC(CN)CC1. The summed E-state index contributed by atoms with van der Waals surface area (Å²) in [5.74, 6) is 2.44. The summed E-state index contributed by atoms with van der Waals surface area (Å²) in [5.41, 5.74) is 4.83. The van der Waals surface area contributed by atoms with Gasteiger partial charge in [-0.2, -0.15) is 0 Å². The third kappa shape index (κ3) is 8.54. The Morgan fingerprint density at radius 3 is 1.91 bits per heavy atom. The Labute approximate surface area is 213 Å². The molecule has 3 fully saturated rings. The highest BCUT2D eigenvalue weighted by atomic mass is 16.6. The molecule has 7 heteroatoms. The van der Waals surface area contributed by atoms with E-state index in [4.69, 9.17) is 15.2 Å². The molecule has 7 nitrogen and oxygen atoms in total. The first-order valence-electron chi connectivity index (χ1n) is 14.0. The molecule has 0 spiro atoms. The minimum absolute atomic E-state index is 0.209. The van der Waals surface area contributed by atoms with Crippen molar-refractivity contribution in [2.24, 2.45) is 29.4 Å². The lowest BCUT2D eigenvalue weighted by Gasteiger charge is -2.37. The molecule has 0 unspecified atom stereocenters. The Kier molecular flexibility index (Phi) is 9.39. The number of amides is 2. The van der Waals surface area contributed by atoms with Crippen LogP contribution in [0.5, 0.6) is 0 Å². The maximum Gasteiger partial charge on any atom is 0.410 e. The summed E-state index contributed by atoms with van der Waals surface area (Å²) in [6.45, 7) is 14.2. The molecule has 3 atom stereocenters. The van der Waals surface area contributed by atoms with E-state index in [-0.39, 0.29) is 18.2 Å². The smallest absolute Gasteiger partial charge is 0.410 e. The van der Waals surface area contributed by atoms with Crippen molar-refractivity contribution in [1.82, 2.24) is 9.80 Å². The zero-order valence-electron chi connectivity index (χ0n) is 23.2. The number of ether oxygens (including phenoxy) is 2. The first-order chi connectivity index (χ1) is 16.3. The molecule has 3 aliphatic carbocycles. The maximum absolute atomic E-state index is 13.2. The van der Waals surface area contributed by atoms with Crippen LogP contribution in [0.25, 0.3) is 0 Å². The van der Waals surface area contributed by atoms with Crippen LogP contribution in [0.1, 0.15) is 99.3 Å². The summed E-state index contributed by atoms with van der Waals surface area (Å²) in [6.07, 6.45) is 9.59. The summed E-state index contributed by atoms with van der Waals surface area (Å²) >= 11 is 0. The molecule has 202 valence electrons. The van der Waals surface area contributed by atoms with Crippen LogP contribution in [0.3, 0.4) is 0 Å². The van der Waals surface area contributed by atoms with Crippen molar-refractivity contribution in [2.75, 3.05) is 26.2 Å². The summed E-state index contributed by atoms with van der Waals surface area (Å²) < 4.78 is 11.6. The van der Waals surface area contributed by atoms with Gasteiger partial charge in [0, 0.05) is 25.7 Å². The maximum atomic E-state index is 13.2. The average Bonchev–Trinajstić information content (AvgIpc) is 3.37. The van der Waals surface area contributed by atoms with E-state index in [1.807, 2.05) is 51.3 Å². The number of nitrogens with zero attached hydrogens (tertiary/aromatic N) is 2. The van der Waals surface area contributed by atoms with E-state index >= 15 is 0 Å². The predicted molar refractivity (Wildman–Crippen MR) is 139 cm³/mol. The quantitative estimate of drug-likeness (QED) is 0.461. The minimum Gasteiger partial charge on any atom is -0.444 e. The number of hydrogen-bond donors (Lipinski definition) is 1. The highest BCUT2D eigenvalue weighted by Crippen LogP contribution is 2.47. The van der Waals surface area contributed by atoms with Crippen molar-refractivity contribution < 1.29 is 19.1 Å². The molecule has 3 saturated carbocycles. The normalized spacial score (nSPS) is 28.6. The van der Waals surface area contributed by atoms with Crippen molar-refractivity contribution in [3.8, 4) is 0 Å². The van der Waals surface area contributed by atoms with Crippen molar-refractivity contribution in [2.45, 2.75) is 117 Å². The van der Waals surface area contributed by atoms with Crippen LogP contribution in [0.15, 0.2) is 0 Å². The summed E-state index contributed by atoms with van der Waals surface area (Å²) in [7, 11) is 0. The van der Waals surface area contributed by atoms with Gasteiger partial charge in [-0.15, -0.1) is 0 Å². The zero-order valence-corrected chi connectivity index (χ0v) is 23.2. The lowest BCUT2D eigenvalue weighted by Crippen LogP contribution is -2.47. The first-order valence-corrected chi connectivity index (χ1v) is 14.0. The second kappa shape index (κ2) is 11.7. The highest BCUT2D eigenvalue weighted by molar-refractivity contribution is 5.69. The number of carbonyl (C=O) groups is 2. The topological polar surface area (TPSA) is 85.1 Å². The van der Waals surface area contributed by atoms with E-state index in [2.05, 4.69) is 0 Å². The van der Waals surface area contributed by atoms with Gasteiger partial charge >= 0.3 is 12.2 Å². The van der Waals surface area contributed by atoms with Gasteiger partial charge in [0.05, 0.1) is 0 Å². The molecule has 3 aliphatic rings. The van der Waals surface area contributed by atoms with E-state index in [1.165, 1.54) is 19.3 Å². The molecule has 0 aliphatic heterocycles. The van der Waals surface area contributed by atoms with Gasteiger partial charge in [-0.1, -0.05) is 6.42 Å². The van der Waals surface area contributed by atoms with Gasteiger partial charge < -0.3 is 25.0 Å². The van der Waals surface area contributed by atoms with E-state index in [0.717, 1.165) is 51.0 Å². The largest absolute Gasteiger partial charge is 0.444 e. The van der Waals surface area contributed by atoms with E-state index in [0.29, 0.717) is 37.4 Å². The number of nitrogens with two attached hydrogens (primary N) is 1. The fourth-order valence-electron chi connectivity index (χ4n) is 6.28. The van der Waals surface area contributed by atoms with Crippen LogP contribution < -0.4 is 5.73 Å². The van der Waals surface area contributed by atoms with Crippen molar-refractivity contribution in [3.63, 3.8) is 0 Å². The van der Waals surface area contributed by atoms with Gasteiger partial charge in [-0.05, 0) is 123 Å². The van der Waals surface area contributed by atoms with E-state index in [9.17, 15) is 9.59 Å². The average molecular weight is 494 g/mol. The molecule has 2 N–H and O–H groups in total. The lowest BCUT2D eigenvalue weighted by molar-refractivity contribution is 0.00711. The van der Waals surface area contributed by atoms with Crippen LogP contribution in [-0.4, -0.2) is 65.4 Å². The molecule has 0 aromatic rings. The van der Waals surface area contributed by atoms with Crippen LogP contribution >= 0.6 is 0 Å². The fourth-order valence-corrected chi connectivity index (χ4v) is 6.28. The zero-order chi connectivity index (χ0) is 25.8.